The molecule has 3 aliphatic heterocycles. The minimum Gasteiger partial charge on any atom is -0.489 e. The summed E-state index contributed by atoms with van der Waals surface area (Å²) in [6.45, 7) is 11.9. The number of para-hydroxylation sites is 1. The second-order valence-corrected chi connectivity index (χ2v) is 14.5. The third kappa shape index (κ3) is 5.64. The van der Waals surface area contributed by atoms with E-state index in [1.807, 2.05) is 41.3 Å². The minimum atomic E-state index is -2.51. The van der Waals surface area contributed by atoms with Crippen molar-refractivity contribution >= 4 is 58.8 Å². The van der Waals surface area contributed by atoms with Gasteiger partial charge < -0.3 is 29.7 Å². The summed E-state index contributed by atoms with van der Waals surface area (Å²) in [5.74, 6) is 1.61. The number of benzene rings is 2. The zero-order chi connectivity index (χ0) is 28.7. The lowest BCUT2D eigenvalue weighted by Crippen LogP contribution is -2.67. The average Bonchev–Trinajstić information content (AvgIpc) is 2.93. The van der Waals surface area contributed by atoms with Gasteiger partial charge in [-0.1, -0.05) is 30.3 Å². The normalized spacial score (nSPS) is 19.0. The van der Waals surface area contributed by atoms with E-state index >= 15 is 0 Å². The van der Waals surface area contributed by atoms with Crippen LogP contribution in [0.15, 0.2) is 61.3 Å². The molecule has 0 unspecified atom stereocenters. The fourth-order valence-corrected chi connectivity index (χ4v) is 6.91. The van der Waals surface area contributed by atoms with Gasteiger partial charge in [0, 0.05) is 55.8 Å². The number of rotatable bonds is 7. The molecule has 3 aromatic rings. The molecule has 0 saturated carbocycles. The van der Waals surface area contributed by atoms with Crippen LogP contribution in [-0.4, -0.2) is 90.4 Å². The molecule has 1 atom stereocenters. The summed E-state index contributed by atoms with van der Waals surface area (Å²) in [5, 5.41) is 7.57. The molecule has 10 nitrogen and oxygen atoms in total. The molecule has 2 aromatic carbocycles. The van der Waals surface area contributed by atoms with E-state index in [0.717, 1.165) is 55.2 Å². The number of carbonyl (C=O) groups is 1. The Balaban J connectivity index is 1.13. The molecule has 4 heterocycles. The van der Waals surface area contributed by atoms with Crippen LogP contribution in [0.3, 0.4) is 0 Å². The van der Waals surface area contributed by atoms with Gasteiger partial charge in [0.15, 0.2) is 5.82 Å². The van der Waals surface area contributed by atoms with Crippen molar-refractivity contribution in [2.24, 2.45) is 0 Å². The van der Waals surface area contributed by atoms with E-state index < -0.39 is 7.14 Å². The SMILES string of the molecule is C=CC(=O)N1CC(N2CCN3c4ccc(Nc5ncc(Cl)c(Nc6ccccc6P(C)(C)=O)n5)cc4OC[C@@H]3C2)C1. The molecule has 12 heteroatoms. The van der Waals surface area contributed by atoms with E-state index in [9.17, 15) is 9.36 Å². The largest absolute Gasteiger partial charge is 0.489 e. The van der Waals surface area contributed by atoms with Crippen molar-refractivity contribution in [3.8, 4) is 5.75 Å². The van der Waals surface area contributed by atoms with Crippen molar-refractivity contribution in [1.29, 1.82) is 0 Å². The van der Waals surface area contributed by atoms with E-state index in [-0.39, 0.29) is 11.9 Å². The maximum Gasteiger partial charge on any atom is 0.246 e. The number of hydrogen-bond acceptors (Lipinski definition) is 9. The van der Waals surface area contributed by atoms with Gasteiger partial charge in [-0.3, -0.25) is 9.69 Å². The van der Waals surface area contributed by atoms with Gasteiger partial charge in [-0.05, 0) is 43.7 Å². The Bertz CT molecular complexity index is 1540. The third-order valence-corrected chi connectivity index (χ3v) is 9.64. The molecule has 0 aliphatic carbocycles. The van der Waals surface area contributed by atoms with Crippen LogP contribution in [0.25, 0.3) is 0 Å². The first-order valence-corrected chi connectivity index (χ1v) is 16.6. The molecule has 1 aromatic heterocycles. The van der Waals surface area contributed by atoms with Gasteiger partial charge in [0.1, 0.15) is 24.5 Å². The van der Waals surface area contributed by atoms with Gasteiger partial charge in [0.05, 0.1) is 23.6 Å². The molecular weight excluding hydrogens is 561 g/mol. The second-order valence-electron chi connectivity index (χ2n) is 10.9. The smallest absolute Gasteiger partial charge is 0.246 e. The zero-order valence-corrected chi connectivity index (χ0v) is 24.7. The van der Waals surface area contributed by atoms with Gasteiger partial charge in [0.25, 0.3) is 0 Å². The van der Waals surface area contributed by atoms with Gasteiger partial charge in [-0.2, -0.15) is 4.98 Å². The van der Waals surface area contributed by atoms with Crippen LogP contribution in [0.5, 0.6) is 5.75 Å². The first kappa shape index (κ1) is 27.6. The van der Waals surface area contributed by atoms with Crippen LogP contribution in [0.1, 0.15) is 0 Å². The van der Waals surface area contributed by atoms with Crippen molar-refractivity contribution in [3.05, 3.63) is 66.3 Å². The van der Waals surface area contributed by atoms with E-state index in [0.29, 0.717) is 35.1 Å². The maximum atomic E-state index is 12.8. The predicted octanol–water partition coefficient (Wildman–Crippen LogP) is 4.15. The Kier molecular flexibility index (Phi) is 7.40. The molecule has 1 amide bonds. The summed E-state index contributed by atoms with van der Waals surface area (Å²) >= 11 is 6.41. The summed E-state index contributed by atoms with van der Waals surface area (Å²) in [7, 11) is -2.51. The van der Waals surface area contributed by atoms with Crippen molar-refractivity contribution in [1.82, 2.24) is 19.8 Å². The molecule has 0 spiro atoms. The summed E-state index contributed by atoms with van der Waals surface area (Å²) < 4.78 is 19.0. The van der Waals surface area contributed by atoms with Gasteiger partial charge in [0.2, 0.25) is 11.9 Å². The summed E-state index contributed by atoms with van der Waals surface area (Å²) in [5.41, 5.74) is 2.56. The molecule has 2 N–H and O–H groups in total. The van der Waals surface area contributed by atoms with Crippen LogP contribution in [0.4, 0.5) is 28.8 Å². The van der Waals surface area contributed by atoms with Crippen molar-refractivity contribution in [2.75, 3.05) is 68.2 Å². The van der Waals surface area contributed by atoms with Crippen molar-refractivity contribution in [2.45, 2.75) is 12.1 Å². The van der Waals surface area contributed by atoms with E-state index in [4.69, 9.17) is 16.3 Å². The van der Waals surface area contributed by atoms with E-state index in [2.05, 4.69) is 43.0 Å². The summed E-state index contributed by atoms with van der Waals surface area (Å²) in [4.78, 5) is 27.5. The first-order valence-electron chi connectivity index (χ1n) is 13.6. The average molecular weight is 594 g/mol. The minimum absolute atomic E-state index is 0.00513. The molecule has 2 fully saturated rings. The van der Waals surface area contributed by atoms with E-state index in [1.165, 1.54) is 12.3 Å². The number of aromatic nitrogens is 2. The van der Waals surface area contributed by atoms with Crippen molar-refractivity contribution in [3.63, 3.8) is 0 Å². The van der Waals surface area contributed by atoms with Crippen LogP contribution >= 0.6 is 18.7 Å². The van der Waals surface area contributed by atoms with Gasteiger partial charge in [-0.15, -0.1) is 0 Å². The Labute approximate surface area is 244 Å². The molecule has 0 radical (unpaired) electrons. The number of likely N-dealkylation sites (tertiary alicyclic amines) is 1. The molecule has 41 heavy (non-hydrogen) atoms. The molecule has 0 bridgehead atoms. The molecule has 214 valence electrons. The number of hydrogen-bond donors (Lipinski definition) is 2. The Morgan fingerprint density at radius 3 is 2.71 bits per heavy atom. The quantitative estimate of drug-likeness (QED) is 0.309. The number of halogens is 1. The van der Waals surface area contributed by atoms with Crippen molar-refractivity contribution < 1.29 is 14.1 Å². The lowest BCUT2D eigenvalue weighted by Gasteiger charge is -2.51. The number of ether oxygens (including phenoxy) is 1. The Hall–Kier alpha value is -3.59. The monoisotopic (exact) mass is 593 g/mol. The predicted molar refractivity (Wildman–Crippen MR) is 164 cm³/mol. The number of carbonyl (C=O) groups excluding carboxylic acids is 1. The second kappa shape index (κ2) is 11.0. The molecular formula is C29H33ClN7O3P. The lowest BCUT2D eigenvalue weighted by atomic mass is 10.0. The number of piperazine rings is 1. The van der Waals surface area contributed by atoms with Crippen LogP contribution in [0, 0.1) is 0 Å². The lowest BCUT2D eigenvalue weighted by molar-refractivity contribution is -0.133. The highest BCUT2D eigenvalue weighted by atomic mass is 35.5. The highest BCUT2D eigenvalue weighted by Crippen LogP contribution is 2.40. The number of anilines is 5. The first-order chi connectivity index (χ1) is 19.7. The summed E-state index contributed by atoms with van der Waals surface area (Å²) in [6, 6.07) is 14.1. The molecule has 6 rings (SSSR count). The highest BCUT2D eigenvalue weighted by molar-refractivity contribution is 7.70. The topological polar surface area (TPSA) is 103 Å². The van der Waals surface area contributed by atoms with Gasteiger partial charge >= 0.3 is 0 Å². The fourth-order valence-electron chi connectivity index (χ4n) is 5.62. The Morgan fingerprint density at radius 2 is 1.93 bits per heavy atom. The standard InChI is InChI=1S/C29H33ClN7O3P/c1-4-27(38)36-15-20(16-36)35-11-12-37-21(17-35)18-40-25-13-19(9-10-24(25)37)32-29-31-14-22(30)28(34-29)33-23-7-5-6-8-26(23)41(2,3)39/h4-10,13-14,20-21H,1,11-12,15-18H2,2-3H3,(H2,31,32,33,34)/t21-/m0/s1. The molecule has 3 aliphatic rings. The highest BCUT2D eigenvalue weighted by Gasteiger charge is 2.40. The number of nitrogens with one attached hydrogen (secondary N) is 2. The van der Waals surface area contributed by atoms with Crippen LogP contribution < -0.4 is 25.6 Å². The van der Waals surface area contributed by atoms with Gasteiger partial charge in [-0.25, -0.2) is 4.98 Å². The van der Waals surface area contributed by atoms with E-state index in [1.54, 1.807) is 13.3 Å². The zero-order valence-electron chi connectivity index (χ0n) is 23.1. The maximum absolute atomic E-state index is 12.8. The summed E-state index contributed by atoms with van der Waals surface area (Å²) in [6.07, 6.45) is 2.92. The number of fused-ring (bicyclic) bond motifs is 3. The number of nitrogens with zero attached hydrogens (tertiary/aromatic N) is 5. The fraction of sp³-hybridized carbons (Fsp3) is 0.345. The van der Waals surface area contributed by atoms with Crippen LogP contribution in [0.2, 0.25) is 5.02 Å². The van der Waals surface area contributed by atoms with Crippen LogP contribution in [-0.2, 0) is 9.36 Å². The Morgan fingerprint density at radius 1 is 1.12 bits per heavy atom. The third-order valence-electron chi connectivity index (χ3n) is 7.82. The number of amides is 1. The molecule has 2 saturated heterocycles.